The zero-order valence-electron chi connectivity index (χ0n) is 45.5. The van der Waals surface area contributed by atoms with Crippen molar-refractivity contribution in [3.05, 3.63) is 54.1 Å². The number of carbonyl (C=O) groups excluding carboxylic acids is 10. The van der Waals surface area contributed by atoms with Gasteiger partial charge in [0.05, 0.1) is 24.9 Å². The second-order valence-corrected chi connectivity index (χ2v) is 20.6. The molecular formula is C51H79N13O15. The van der Waals surface area contributed by atoms with Crippen molar-refractivity contribution >= 4 is 71.0 Å². The number of aromatic nitrogens is 2. The zero-order valence-corrected chi connectivity index (χ0v) is 45.5. The number of hydrogen-bond acceptors (Lipinski definition) is 15. The van der Waals surface area contributed by atoms with Crippen LogP contribution in [0.1, 0.15) is 111 Å². The van der Waals surface area contributed by atoms with Gasteiger partial charge in [-0.25, -0.2) is 9.78 Å². The molecule has 2 aromatic rings. The molecule has 2 rings (SSSR count). The Hall–Kier alpha value is -8.01. The number of benzene rings is 1. The largest absolute Gasteiger partial charge is 0.481 e. The number of nitrogens with two attached hydrogens (primary N) is 3. The smallest absolute Gasteiger partial charge is 0.326 e. The average molecular weight is 1110 g/mol. The van der Waals surface area contributed by atoms with E-state index in [0.717, 1.165) is 12.5 Å². The molecule has 10 atom stereocenters. The van der Waals surface area contributed by atoms with Crippen LogP contribution in [0, 0.1) is 17.8 Å². The molecule has 1 aromatic carbocycles. The van der Waals surface area contributed by atoms with Gasteiger partial charge in [-0.2, -0.15) is 0 Å². The summed E-state index contributed by atoms with van der Waals surface area (Å²) < 4.78 is 0. The fraction of sp³-hybridized carbons (Fsp3) is 0.588. The number of imidazole rings is 1. The third kappa shape index (κ3) is 25.3. The van der Waals surface area contributed by atoms with Crippen molar-refractivity contribution in [1.82, 2.24) is 52.5 Å². The second kappa shape index (κ2) is 33.3. The number of primary amides is 2. The molecule has 28 heteroatoms. The number of hydrogen-bond donors (Lipinski definition) is 15. The van der Waals surface area contributed by atoms with E-state index in [-0.39, 0.29) is 56.3 Å². The van der Waals surface area contributed by atoms with E-state index in [9.17, 15) is 72.9 Å². The van der Waals surface area contributed by atoms with Crippen LogP contribution in [0.15, 0.2) is 42.9 Å². The number of carboxylic acids is 2. The molecule has 438 valence electrons. The van der Waals surface area contributed by atoms with E-state index in [4.69, 9.17) is 17.2 Å². The Morgan fingerprint density at radius 3 is 1.42 bits per heavy atom. The lowest BCUT2D eigenvalue weighted by atomic mass is 9.99. The first-order valence-electron chi connectivity index (χ1n) is 25.9. The molecule has 18 N–H and O–H groups in total. The van der Waals surface area contributed by atoms with Crippen molar-refractivity contribution in [2.45, 2.75) is 173 Å². The average Bonchev–Trinajstić information content (AvgIpc) is 3.87. The number of aliphatic hydroxyl groups is 1. The maximum atomic E-state index is 14.2. The number of rotatable bonds is 36. The molecule has 0 saturated carbocycles. The fourth-order valence-electron chi connectivity index (χ4n) is 7.95. The SMILES string of the molecule is CC(C)C[C@H](NC(=O)[C@H](CCC(N)=O)NC(=O)[C@@H](NC(=O)[C@H](CC(C)C)NC(=O)[C@H](CC(C)C)NC(=O)[C@H](CCC(=O)O)NC(=O)[C@H](CC(N)=O)NC(=O)[C@H](Cc1cnc[nH]1)NC(=O)[C@@H](N)Cc1ccccc1)[C@@H](C)O)C(=O)O. The number of nitrogens with zero attached hydrogens (tertiary/aromatic N) is 1. The second-order valence-electron chi connectivity index (χ2n) is 20.6. The van der Waals surface area contributed by atoms with Crippen molar-refractivity contribution in [2.75, 3.05) is 0 Å². The molecule has 10 amide bonds. The highest BCUT2D eigenvalue weighted by molar-refractivity contribution is 5.99. The summed E-state index contributed by atoms with van der Waals surface area (Å²) in [4.78, 5) is 165. The molecule has 0 radical (unpaired) electrons. The van der Waals surface area contributed by atoms with Crippen molar-refractivity contribution in [3.63, 3.8) is 0 Å². The van der Waals surface area contributed by atoms with Crippen LogP contribution in [0.5, 0.6) is 0 Å². The standard InChI is InChI=1S/C51H79N13O15/c1-25(2)17-34(46(73)61-35(18-26(3)4)49(76)64-42(28(7)65)50(77)58-32(13-15-39(53)66)45(72)63-38(51(78)79)19-27(5)6)60-44(71)33(14-16-41(68)69)57-48(75)37(22-40(54)67)62-47(74)36(21-30-23-55-24-56-30)59-43(70)31(52)20-29-11-9-8-10-12-29/h8-12,23-28,31-38,42,65H,13-22,52H2,1-7H3,(H2,53,66)(H2,54,67)(H,55,56)(H,57,75)(H,58,77)(H,59,70)(H,60,71)(H,61,73)(H,62,74)(H,63,72)(H,64,76)(H,68,69)(H,78,79)/t28-,31+,32+,33+,34+,35+,36+,37+,38+,42+/m1/s1. The predicted molar refractivity (Wildman–Crippen MR) is 283 cm³/mol. The highest BCUT2D eigenvalue weighted by Crippen LogP contribution is 2.13. The Kier molecular flexibility index (Phi) is 28.3. The van der Waals surface area contributed by atoms with Crippen LogP contribution < -0.4 is 59.7 Å². The molecule has 0 bridgehead atoms. The third-order valence-electron chi connectivity index (χ3n) is 11.9. The van der Waals surface area contributed by atoms with E-state index in [0.29, 0.717) is 5.69 Å². The third-order valence-corrected chi connectivity index (χ3v) is 11.9. The maximum absolute atomic E-state index is 14.2. The summed E-state index contributed by atoms with van der Waals surface area (Å²) in [6.45, 7) is 11.4. The molecule has 1 heterocycles. The number of aliphatic hydroxyl groups excluding tert-OH is 1. The first kappa shape index (κ1) is 67.1. The lowest BCUT2D eigenvalue weighted by molar-refractivity contribution is -0.143. The Balaban J connectivity index is 2.40. The number of carbonyl (C=O) groups is 12. The van der Waals surface area contributed by atoms with Gasteiger partial charge in [0, 0.05) is 31.2 Å². The van der Waals surface area contributed by atoms with Gasteiger partial charge in [-0.3, -0.25) is 52.7 Å². The van der Waals surface area contributed by atoms with Gasteiger partial charge >= 0.3 is 11.9 Å². The molecular weight excluding hydrogens is 1030 g/mol. The van der Waals surface area contributed by atoms with Crippen LogP contribution in [0.25, 0.3) is 0 Å². The minimum Gasteiger partial charge on any atom is -0.481 e. The van der Waals surface area contributed by atoms with E-state index >= 15 is 0 Å². The quantitative estimate of drug-likeness (QED) is 0.0324. The van der Waals surface area contributed by atoms with Crippen LogP contribution >= 0.6 is 0 Å². The van der Waals surface area contributed by atoms with Crippen molar-refractivity contribution < 1.29 is 72.9 Å². The van der Waals surface area contributed by atoms with Gasteiger partial charge in [0.2, 0.25) is 59.1 Å². The van der Waals surface area contributed by atoms with E-state index < -0.39 is 157 Å². The van der Waals surface area contributed by atoms with Crippen molar-refractivity contribution in [3.8, 4) is 0 Å². The Morgan fingerprint density at radius 2 is 0.949 bits per heavy atom. The Bertz CT molecular complexity index is 2400. The maximum Gasteiger partial charge on any atom is 0.326 e. The first-order chi connectivity index (χ1) is 37.0. The molecule has 0 aliphatic rings. The van der Waals surface area contributed by atoms with Crippen molar-refractivity contribution in [1.29, 1.82) is 0 Å². The van der Waals surface area contributed by atoms with E-state index in [1.54, 1.807) is 71.9 Å². The summed E-state index contributed by atoms with van der Waals surface area (Å²) in [5.74, 6) is -13.6. The highest BCUT2D eigenvalue weighted by Gasteiger charge is 2.37. The first-order valence-corrected chi connectivity index (χ1v) is 25.9. The number of aromatic amines is 1. The number of H-pyrrole nitrogens is 1. The van der Waals surface area contributed by atoms with Crippen LogP contribution in [0.2, 0.25) is 0 Å². The minimum absolute atomic E-state index is 0.0166. The number of amides is 10. The Labute approximate surface area is 457 Å². The summed E-state index contributed by atoms with van der Waals surface area (Å²) in [6.07, 6.45) is -2.14. The normalized spacial score (nSPS) is 15.0. The van der Waals surface area contributed by atoms with Crippen molar-refractivity contribution in [2.24, 2.45) is 35.0 Å². The van der Waals surface area contributed by atoms with Crippen LogP contribution in [0.4, 0.5) is 0 Å². The number of nitrogens with one attached hydrogen (secondary N) is 9. The van der Waals surface area contributed by atoms with Crippen LogP contribution in [-0.2, 0) is 70.4 Å². The topological polar surface area (TPSA) is 469 Å². The summed E-state index contributed by atoms with van der Waals surface area (Å²) >= 11 is 0. The molecule has 28 nitrogen and oxygen atoms in total. The molecule has 0 saturated heterocycles. The number of aliphatic carboxylic acids is 2. The monoisotopic (exact) mass is 1110 g/mol. The fourth-order valence-corrected chi connectivity index (χ4v) is 7.95. The van der Waals surface area contributed by atoms with Gasteiger partial charge in [0.25, 0.3) is 0 Å². The predicted octanol–water partition coefficient (Wildman–Crippen LogP) is -2.99. The molecule has 0 spiro atoms. The molecule has 1 aromatic heterocycles. The lowest BCUT2D eigenvalue weighted by Gasteiger charge is -2.29. The van der Waals surface area contributed by atoms with Crippen LogP contribution in [-0.4, -0.2) is 157 Å². The number of carboxylic acid groups (broad SMARTS) is 2. The molecule has 0 aliphatic heterocycles. The molecule has 79 heavy (non-hydrogen) atoms. The summed E-state index contributed by atoms with van der Waals surface area (Å²) in [5.41, 5.74) is 18.1. The van der Waals surface area contributed by atoms with E-state index in [1.165, 1.54) is 12.5 Å². The zero-order chi connectivity index (χ0) is 59.7. The van der Waals surface area contributed by atoms with Gasteiger partial charge in [-0.15, -0.1) is 0 Å². The van der Waals surface area contributed by atoms with E-state index in [2.05, 4.69) is 52.5 Å². The summed E-state index contributed by atoms with van der Waals surface area (Å²) in [7, 11) is 0. The lowest BCUT2D eigenvalue weighted by Crippen LogP contribution is -2.62. The minimum atomic E-state index is -1.81. The molecule has 0 fully saturated rings. The van der Waals surface area contributed by atoms with Gasteiger partial charge in [0.15, 0.2) is 0 Å². The van der Waals surface area contributed by atoms with E-state index in [1.807, 2.05) is 0 Å². The summed E-state index contributed by atoms with van der Waals surface area (Å²) in [6, 6.07) is -4.97. The van der Waals surface area contributed by atoms with Crippen LogP contribution in [0.3, 0.4) is 0 Å². The molecule has 0 unspecified atom stereocenters. The Morgan fingerprint density at radius 1 is 0.519 bits per heavy atom. The van der Waals surface area contributed by atoms with Gasteiger partial charge in [-0.1, -0.05) is 71.9 Å². The van der Waals surface area contributed by atoms with Gasteiger partial charge in [-0.05, 0) is 68.8 Å². The highest BCUT2D eigenvalue weighted by atomic mass is 16.4. The molecule has 0 aliphatic carbocycles. The van der Waals surface area contributed by atoms with Gasteiger partial charge in [0.1, 0.15) is 48.3 Å². The summed E-state index contributed by atoms with van der Waals surface area (Å²) in [5, 5.41) is 49.4. The van der Waals surface area contributed by atoms with Gasteiger partial charge < -0.3 is 80.0 Å².